The van der Waals surface area contributed by atoms with Gasteiger partial charge in [-0.2, -0.15) is 0 Å². The molecule has 4 aromatic carbocycles. The molecular weight excluding hydrogens is 352 g/mol. The third kappa shape index (κ3) is 3.86. The fourth-order valence-corrected chi connectivity index (χ4v) is 3.23. The summed E-state index contributed by atoms with van der Waals surface area (Å²) in [6, 6.07) is 26.7. The second-order valence-corrected chi connectivity index (χ2v) is 6.43. The third-order valence-corrected chi connectivity index (χ3v) is 4.54. The van der Waals surface area contributed by atoms with Crippen molar-refractivity contribution in [2.75, 3.05) is 6.61 Å². The van der Waals surface area contributed by atoms with Crippen molar-refractivity contribution in [2.45, 2.75) is 6.42 Å². The van der Waals surface area contributed by atoms with Crippen LogP contribution in [-0.4, -0.2) is 18.5 Å². The summed E-state index contributed by atoms with van der Waals surface area (Å²) in [5.74, 6) is -0.623. The van der Waals surface area contributed by atoms with Crippen molar-refractivity contribution in [3.05, 3.63) is 90.5 Å². The lowest BCUT2D eigenvalue weighted by atomic mass is 10.0. The lowest BCUT2D eigenvalue weighted by molar-refractivity contribution is -0.153. The minimum absolute atomic E-state index is 0.100. The summed E-state index contributed by atoms with van der Waals surface area (Å²) in [5, 5.41) is 3.87. The molecule has 0 atom stereocenters. The molecule has 0 heterocycles. The monoisotopic (exact) mass is 370 g/mol. The molecule has 4 heteroatoms. The van der Waals surface area contributed by atoms with Gasteiger partial charge in [0, 0.05) is 5.39 Å². The molecule has 0 N–H and O–H groups in total. The van der Waals surface area contributed by atoms with Gasteiger partial charge in [-0.1, -0.05) is 78.9 Å². The van der Waals surface area contributed by atoms with Crippen LogP contribution in [0, 0.1) is 0 Å². The summed E-state index contributed by atoms with van der Waals surface area (Å²) in [7, 11) is 0. The van der Waals surface area contributed by atoms with Gasteiger partial charge in [-0.05, 0) is 27.8 Å². The molecule has 138 valence electrons. The normalized spacial score (nSPS) is 10.7. The Labute approximate surface area is 162 Å². The molecule has 0 spiro atoms. The molecule has 0 fully saturated rings. The van der Waals surface area contributed by atoms with Crippen LogP contribution in [0.1, 0.15) is 5.56 Å². The van der Waals surface area contributed by atoms with E-state index in [1.54, 1.807) is 6.07 Å². The van der Waals surface area contributed by atoms with Crippen LogP contribution in [0.4, 0.5) is 0 Å². The Kier molecular flexibility index (Phi) is 5.02. The first-order valence-electron chi connectivity index (χ1n) is 9.01. The van der Waals surface area contributed by atoms with Gasteiger partial charge >= 0.3 is 11.9 Å². The SMILES string of the molecule is O=C(Cc1cccc2ccccc12)OCC(=O)Oc1cccc2ccccc12. The Morgan fingerprint density at radius 3 is 2.04 bits per heavy atom. The first kappa shape index (κ1) is 17.7. The minimum atomic E-state index is -0.609. The van der Waals surface area contributed by atoms with Crippen LogP contribution in [0.3, 0.4) is 0 Å². The van der Waals surface area contributed by atoms with E-state index in [1.807, 2.05) is 78.9 Å². The Morgan fingerprint density at radius 2 is 1.25 bits per heavy atom. The van der Waals surface area contributed by atoms with Crippen molar-refractivity contribution in [1.82, 2.24) is 0 Å². The summed E-state index contributed by atoms with van der Waals surface area (Å²) in [6.07, 6.45) is 0.100. The van der Waals surface area contributed by atoms with Crippen molar-refractivity contribution in [2.24, 2.45) is 0 Å². The van der Waals surface area contributed by atoms with Crippen LogP contribution in [0.5, 0.6) is 5.75 Å². The zero-order valence-corrected chi connectivity index (χ0v) is 15.1. The van der Waals surface area contributed by atoms with Crippen molar-refractivity contribution in [3.63, 3.8) is 0 Å². The van der Waals surface area contributed by atoms with Gasteiger partial charge in [0.1, 0.15) is 5.75 Å². The molecule has 0 radical (unpaired) electrons. The van der Waals surface area contributed by atoms with Gasteiger partial charge in [-0.25, -0.2) is 4.79 Å². The number of esters is 2. The second-order valence-electron chi connectivity index (χ2n) is 6.43. The zero-order chi connectivity index (χ0) is 19.3. The third-order valence-electron chi connectivity index (χ3n) is 4.54. The Balaban J connectivity index is 1.38. The number of hydrogen-bond donors (Lipinski definition) is 0. The van der Waals surface area contributed by atoms with Gasteiger partial charge in [0.2, 0.25) is 0 Å². The maximum absolute atomic E-state index is 12.2. The van der Waals surface area contributed by atoms with E-state index in [4.69, 9.17) is 9.47 Å². The Morgan fingerprint density at radius 1 is 0.643 bits per heavy atom. The number of hydrogen-bond acceptors (Lipinski definition) is 4. The lowest BCUT2D eigenvalue weighted by Crippen LogP contribution is -2.20. The number of ether oxygens (including phenoxy) is 2. The molecule has 4 nitrogen and oxygen atoms in total. The second kappa shape index (κ2) is 7.92. The highest BCUT2D eigenvalue weighted by Crippen LogP contribution is 2.25. The summed E-state index contributed by atoms with van der Waals surface area (Å²) < 4.78 is 10.5. The molecule has 0 amide bonds. The molecule has 0 unspecified atom stereocenters. The van der Waals surface area contributed by atoms with E-state index < -0.39 is 18.5 Å². The van der Waals surface area contributed by atoms with Crippen LogP contribution in [-0.2, 0) is 20.7 Å². The number of fused-ring (bicyclic) bond motifs is 2. The molecule has 28 heavy (non-hydrogen) atoms. The summed E-state index contributed by atoms with van der Waals surface area (Å²) >= 11 is 0. The fraction of sp³-hybridized carbons (Fsp3) is 0.0833. The predicted molar refractivity (Wildman–Crippen MR) is 108 cm³/mol. The van der Waals surface area contributed by atoms with Crippen molar-refractivity contribution >= 4 is 33.5 Å². The lowest BCUT2D eigenvalue weighted by Gasteiger charge is -2.09. The van der Waals surface area contributed by atoms with E-state index >= 15 is 0 Å². The predicted octanol–water partition coefficient (Wildman–Crippen LogP) is 4.68. The van der Waals surface area contributed by atoms with E-state index in [0.29, 0.717) is 5.75 Å². The van der Waals surface area contributed by atoms with Gasteiger partial charge in [-0.15, -0.1) is 0 Å². The van der Waals surface area contributed by atoms with Crippen molar-refractivity contribution in [3.8, 4) is 5.75 Å². The number of carbonyl (C=O) groups is 2. The van der Waals surface area contributed by atoms with Gasteiger partial charge in [0.05, 0.1) is 6.42 Å². The van der Waals surface area contributed by atoms with Gasteiger partial charge in [-0.3, -0.25) is 4.79 Å². The highest BCUT2D eigenvalue weighted by Gasteiger charge is 2.13. The van der Waals surface area contributed by atoms with E-state index in [-0.39, 0.29) is 6.42 Å². The van der Waals surface area contributed by atoms with Gasteiger partial charge in [0.15, 0.2) is 6.61 Å². The molecular formula is C24H18O4. The molecule has 0 saturated heterocycles. The van der Waals surface area contributed by atoms with Crippen LogP contribution >= 0.6 is 0 Å². The first-order chi connectivity index (χ1) is 13.7. The molecule has 0 aromatic heterocycles. The average Bonchev–Trinajstić information content (AvgIpc) is 2.73. The standard InChI is InChI=1S/C24H18O4/c25-23(15-19-11-5-9-17-7-1-3-12-20(17)19)27-16-24(26)28-22-14-6-10-18-8-2-4-13-21(18)22/h1-14H,15-16H2. The maximum atomic E-state index is 12.2. The van der Waals surface area contributed by atoms with E-state index in [1.165, 1.54) is 0 Å². The number of carbonyl (C=O) groups excluding carboxylic acids is 2. The highest BCUT2D eigenvalue weighted by atomic mass is 16.6. The van der Waals surface area contributed by atoms with Crippen molar-refractivity contribution < 1.29 is 19.1 Å². The fourth-order valence-electron chi connectivity index (χ4n) is 3.23. The summed E-state index contributed by atoms with van der Waals surface area (Å²) in [4.78, 5) is 24.3. The summed E-state index contributed by atoms with van der Waals surface area (Å²) in [6.45, 7) is -0.424. The van der Waals surface area contributed by atoms with Crippen LogP contribution in [0.15, 0.2) is 84.9 Å². The zero-order valence-electron chi connectivity index (χ0n) is 15.1. The number of benzene rings is 4. The largest absolute Gasteiger partial charge is 0.453 e. The molecule has 0 aliphatic heterocycles. The Bertz CT molecular complexity index is 1060. The minimum Gasteiger partial charge on any atom is -0.453 e. The molecule has 0 bridgehead atoms. The molecule has 0 aliphatic rings. The van der Waals surface area contributed by atoms with Gasteiger partial charge < -0.3 is 9.47 Å². The maximum Gasteiger partial charge on any atom is 0.349 e. The quantitative estimate of drug-likeness (QED) is 0.378. The topological polar surface area (TPSA) is 52.6 Å². The van der Waals surface area contributed by atoms with E-state index in [2.05, 4.69) is 0 Å². The Hall–Kier alpha value is -3.66. The smallest absolute Gasteiger partial charge is 0.349 e. The molecule has 4 aromatic rings. The van der Waals surface area contributed by atoms with Crippen molar-refractivity contribution in [1.29, 1.82) is 0 Å². The first-order valence-corrected chi connectivity index (χ1v) is 9.01. The molecule has 0 saturated carbocycles. The van der Waals surface area contributed by atoms with Crippen LogP contribution in [0.2, 0.25) is 0 Å². The number of rotatable bonds is 5. The molecule has 0 aliphatic carbocycles. The summed E-state index contributed by atoms with van der Waals surface area (Å²) in [5.41, 5.74) is 0.866. The van der Waals surface area contributed by atoms with E-state index in [0.717, 1.165) is 27.1 Å². The van der Waals surface area contributed by atoms with Crippen LogP contribution < -0.4 is 4.74 Å². The molecule has 4 rings (SSSR count). The average molecular weight is 370 g/mol. The van der Waals surface area contributed by atoms with E-state index in [9.17, 15) is 9.59 Å². The van der Waals surface area contributed by atoms with Crippen LogP contribution in [0.25, 0.3) is 21.5 Å². The van der Waals surface area contributed by atoms with Gasteiger partial charge in [0.25, 0.3) is 0 Å². The highest BCUT2D eigenvalue weighted by molar-refractivity contribution is 5.91.